The summed E-state index contributed by atoms with van der Waals surface area (Å²) in [6.45, 7) is 0.118. The average Bonchev–Trinajstić information content (AvgIpc) is 3.24. The van der Waals surface area contributed by atoms with Crippen molar-refractivity contribution in [2.45, 2.75) is 18.6 Å². The zero-order chi connectivity index (χ0) is 22.7. The quantitative estimate of drug-likeness (QED) is 0.553. The Morgan fingerprint density at radius 1 is 0.906 bits per heavy atom. The first kappa shape index (κ1) is 21.5. The van der Waals surface area contributed by atoms with Crippen molar-refractivity contribution in [2.24, 2.45) is 0 Å². The number of hydrogen-bond acceptors (Lipinski definition) is 4. The molecule has 3 aromatic rings. The topological polar surface area (TPSA) is 55.8 Å². The number of ether oxygens (including phenoxy) is 2. The van der Waals surface area contributed by atoms with Crippen molar-refractivity contribution in [1.29, 1.82) is 0 Å². The minimum atomic E-state index is -0.832. The standard InChI is InChI=1S/C25H21F2NO4/c1-31-25(30)22-14-20(32-23-5-3-2-4-21(23)27)15-28(22)24(29)18-8-6-16(7-9-18)17-10-12-19(26)13-11-17/h2-13,20,22H,14-15H2,1H3. The normalized spacial score (nSPS) is 17.8. The molecule has 2 atom stereocenters. The maximum absolute atomic E-state index is 14.0. The summed E-state index contributed by atoms with van der Waals surface area (Å²) in [5, 5.41) is 0. The van der Waals surface area contributed by atoms with Gasteiger partial charge in [0.05, 0.1) is 13.7 Å². The summed E-state index contributed by atoms with van der Waals surface area (Å²) in [5.74, 6) is -1.68. The molecule has 1 amide bonds. The number of hydrogen-bond donors (Lipinski definition) is 0. The molecule has 1 heterocycles. The fourth-order valence-electron chi connectivity index (χ4n) is 3.80. The van der Waals surface area contributed by atoms with Gasteiger partial charge in [-0.25, -0.2) is 13.6 Å². The molecule has 4 rings (SSSR count). The summed E-state index contributed by atoms with van der Waals surface area (Å²) >= 11 is 0. The van der Waals surface area contributed by atoms with Gasteiger partial charge in [-0.15, -0.1) is 0 Å². The summed E-state index contributed by atoms with van der Waals surface area (Å²) < 4.78 is 37.7. The van der Waals surface area contributed by atoms with Crippen LogP contribution in [-0.4, -0.2) is 42.6 Å². The Morgan fingerprint density at radius 3 is 2.16 bits per heavy atom. The number of nitrogens with zero attached hydrogens (tertiary/aromatic N) is 1. The Morgan fingerprint density at radius 2 is 1.53 bits per heavy atom. The SMILES string of the molecule is COC(=O)C1CC(Oc2ccccc2F)CN1C(=O)c1ccc(-c2ccc(F)cc2)cc1. The summed E-state index contributed by atoms with van der Waals surface area (Å²) in [5.41, 5.74) is 2.03. The number of halogens is 2. The van der Waals surface area contributed by atoms with E-state index in [0.29, 0.717) is 5.56 Å². The van der Waals surface area contributed by atoms with Crippen LogP contribution in [-0.2, 0) is 9.53 Å². The van der Waals surface area contributed by atoms with Crippen LogP contribution >= 0.6 is 0 Å². The molecule has 0 radical (unpaired) electrons. The van der Waals surface area contributed by atoms with E-state index in [1.165, 1.54) is 36.3 Å². The number of likely N-dealkylation sites (tertiary alicyclic amines) is 1. The maximum Gasteiger partial charge on any atom is 0.328 e. The Kier molecular flexibility index (Phi) is 6.16. The molecule has 3 aromatic carbocycles. The van der Waals surface area contributed by atoms with Crippen LogP contribution in [0, 0.1) is 11.6 Å². The van der Waals surface area contributed by atoms with E-state index in [4.69, 9.17) is 9.47 Å². The lowest BCUT2D eigenvalue weighted by molar-refractivity contribution is -0.145. The molecule has 1 fully saturated rings. The molecule has 1 saturated heterocycles. The predicted octanol–water partition coefficient (Wildman–Crippen LogP) is 4.47. The van der Waals surface area contributed by atoms with E-state index in [2.05, 4.69) is 0 Å². The van der Waals surface area contributed by atoms with E-state index in [-0.39, 0.29) is 30.4 Å². The Hall–Kier alpha value is -3.74. The van der Waals surface area contributed by atoms with Gasteiger partial charge in [-0.1, -0.05) is 36.4 Å². The van der Waals surface area contributed by atoms with Crippen molar-refractivity contribution in [3.8, 4) is 16.9 Å². The summed E-state index contributed by atoms with van der Waals surface area (Å²) in [6.07, 6.45) is -0.362. The van der Waals surface area contributed by atoms with Crippen LogP contribution in [0.4, 0.5) is 8.78 Å². The number of amides is 1. The third-order valence-corrected chi connectivity index (χ3v) is 5.44. The lowest BCUT2D eigenvalue weighted by atomic mass is 10.0. The molecule has 1 aliphatic heterocycles. The zero-order valence-electron chi connectivity index (χ0n) is 17.3. The van der Waals surface area contributed by atoms with Crippen LogP contribution in [0.25, 0.3) is 11.1 Å². The highest BCUT2D eigenvalue weighted by molar-refractivity contribution is 5.97. The first-order chi connectivity index (χ1) is 15.5. The van der Waals surface area contributed by atoms with Gasteiger partial charge < -0.3 is 14.4 Å². The number of para-hydroxylation sites is 1. The van der Waals surface area contributed by atoms with Crippen LogP contribution in [0.5, 0.6) is 5.75 Å². The highest BCUT2D eigenvalue weighted by Crippen LogP contribution is 2.28. The molecule has 0 aliphatic carbocycles. The van der Waals surface area contributed by atoms with E-state index in [1.807, 2.05) is 0 Å². The van der Waals surface area contributed by atoms with Crippen molar-refractivity contribution in [3.63, 3.8) is 0 Å². The molecule has 7 heteroatoms. The predicted molar refractivity (Wildman–Crippen MR) is 114 cm³/mol. The third kappa shape index (κ3) is 4.46. The molecule has 0 spiro atoms. The second-order valence-corrected chi connectivity index (χ2v) is 7.49. The monoisotopic (exact) mass is 437 g/mol. The first-order valence-electron chi connectivity index (χ1n) is 10.1. The second kappa shape index (κ2) is 9.18. The lowest BCUT2D eigenvalue weighted by Gasteiger charge is -2.22. The molecule has 32 heavy (non-hydrogen) atoms. The highest BCUT2D eigenvalue weighted by Gasteiger charge is 2.42. The van der Waals surface area contributed by atoms with Gasteiger partial charge in [-0.2, -0.15) is 0 Å². The van der Waals surface area contributed by atoms with E-state index >= 15 is 0 Å². The molecule has 0 aromatic heterocycles. The van der Waals surface area contributed by atoms with Gasteiger partial charge in [0.15, 0.2) is 11.6 Å². The maximum atomic E-state index is 14.0. The van der Waals surface area contributed by atoms with Crippen LogP contribution in [0.3, 0.4) is 0 Å². The number of benzene rings is 3. The number of rotatable bonds is 5. The molecule has 0 N–H and O–H groups in total. The minimum absolute atomic E-state index is 0.0686. The van der Waals surface area contributed by atoms with Gasteiger partial charge in [-0.3, -0.25) is 4.79 Å². The summed E-state index contributed by atoms with van der Waals surface area (Å²) in [4.78, 5) is 26.9. The Balaban J connectivity index is 1.53. The minimum Gasteiger partial charge on any atom is -0.485 e. The molecule has 0 bridgehead atoms. The molecule has 2 unspecified atom stereocenters. The molecule has 5 nitrogen and oxygen atoms in total. The fraction of sp³-hybridized carbons (Fsp3) is 0.200. The zero-order valence-corrected chi connectivity index (χ0v) is 17.3. The van der Waals surface area contributed by atoms with Gasteiger partial charge in [0, 0.05) is 12.0 Å². The van der Waals surface area contributed by atoms with Gasteiger partial charge in [0.25, 0.3) is 5.91 Å². The number of esters is 1. The molecule has 0 saturated carbocycles. The van der Waals surface area contributed by atoms with Crippen molar-refractivity contribution in [1.82, 2.24) is 4.90 Å². The lowest BCUT2D eigenvalue weighted by Crippen LogP contribution is -2.41. The van der Waals surface area contributed by atoms with E-state index < -0.39 is 23.9 Å². The molecular formula is C25H21F2NO4. The van der Waals surface area contributed by atoms with Crippen molar-refractivity contribution in [2.75, 3.05) is 13.7 Å². The highest BCUT2D eigenvalue weighted by atomic mass is 19.1. The summed E-state index contributed by atoms with van der Waals surface area (Å²) in [6, 6.07) is 18.0. The van der Waals surface area contributed by atoms with Crippen molar-refractivity contribution in [3.05, 3.63) is 90.0 Å². The van der Waals surface area contributed by atoms with Crippen LogP contribution < -0.4 is 4.74 Å². The van der Waals surface area contributed by atoms with E-state index in [0.717, 1.165) is 11.1 Å². The van der Waals surface area contributed by atoms with Gasteiger partial charge in [0.1, 0.15) is 18.0 Å². The van der Waals surface area contributed by atoms with Crippen molar-refractivity contribution < 1.29 is 27.8 Å². The number of methoxy groups -OCH3 is 1. The van der Waals surface area contributed by atoms with Crippen LogP contribution in [0.15, 0.2) is 72.8 Å². The number of carbonyl (C=O) groups is 2. The van der Waals surface area contributed by atoms with Gasteiger partial charge >= 0.3 is 5.97 Å². The average molecular weight is 437 g/mol. The number of carbonyl (C=O) groups excluding carboxylic acids is 2. The molecule has 1 aliphatic rings. The summed E-state index contributed by atoms with van der Waals surface area (Å²) in [7, 11) is 1.26. The van der Waals surface area contributed by atoms with E-state index in [9.17, 15) is 18.4 Å². The molecular weight excluding hydrogens is 416 g/mol. The smallest absolute Gasteiger partial charge is 0.328 e. The Labute approximate surface area is 184 Å². The second-order valence-electron chi connectivity index (χ2n) is 7.49. The third-order valence-electron chi connectivity index (χ3n) is 5.44. The Bertz CT molecular complexity index is 1120. The van der Waals surface area contributed by atoms with Crippen LogP contribution in [0.2, 0.25) is 0 Å². The van der Waals surface area contributed by atoms with Gasteiger partial charge in [0.2, 0.25) is 0 Å². The largest absolute Gasteiger partial charge is 0.485 e. The van der Waals surface area contributed by atoms with Crippen LogP contribution in [0.1, 0.15) is 16.8 Å². The molecule has 164 valence electrons. The first-order valence-corrected chi connectivity index (χ1v) is 10.1. The fourth-order valence-corrected chi connectivity index (χ4v) is 3.80. The van der Waals surface area contributed by atoms with Gasteiger partial charge in [-0.05, 0) is 47.5 Å². The van der Waals surface area contributed by atoms with E-state index in [1.54, 1.807) is 48.5 Å². The van der Waals surface area contributed by atoms with Crippen molar-refractivity contribution >= 4 is 11.9 Å².